The summed E-state index contributed by atoms with van der Waals surface area (Å²) in [6.45, 7) is -0.0416. The van der Waals surface area contributed by atoms with Crippen molar-refractivity contribution in [3.05, 3.63) is 53.6 Å². The molecule has 0 spiro atoms. The maximum atomic E-state index is 12.4. The van der Waals surface area contributed by atoms with Crippen LogP contribution in [0.3, 0.4) is 0 Å². The molecule has 0 radical (unpaired) electrons. The van der Waals surface area contributed by atoms with Gasteiger partial charge in [0.1, 0.15) is 5.75 Å². The van der Waals surface area contributed by atoms with E-state index >= 15 is 0 Å². The number of fused-ring (bicyclic) bond motifs is 1. The number of hydrogen-bond donors (Lipinski definition) is 2. The summed E-state index contributed by atoms with van der Waals surface area (Å²) in [5.74, 6) is -1.42. The van der Waals surface area contributed by atoms with Gasteiger partial charge in [0.05, 0.1) is 11.3 Å². The van der Waals surface area contributed by atoms with E-state index in [1.165, 1.54) is 23.1 Å². The number of amides is 2. The van der Waals surface area contributed by atoms with Crippen molar-refractivity contribution in [2.45, 2.75) is 12.8 Å². The molecule has 2 amide bonds. The molecule has 8 heteroatoms. The van der Waals surface area contributed by atoms with Crippen LogP contribution in [0, 0.1) is 0 Å². The van der Waals surface area contributed by atoms with Crippen LogP contribution in [0.2, 0.25) is 0 Å². The van der Waals surface area contributed by atoms with Gasteiger partial charge in [0.25, 0.3) is 5.91 Å². The Balaban J connectivity index is 1.61. The SMILES string of the molecule is CN1C(=O)COc2ccc(C(=O)CCC(=O)Nc3cccc(C(=O)O)c3)cc21. The Morgan fingerprint density at radius 2 is 1.89 bits per heavy atom. The second-order valence-electron chi connectivity index (χ2n) is 6.28. The van der Waals surface area contributed by atoms with Gasteiger partial charge in [0, 0.05) is 31.1 Å². The van der Waals surface area contributed by atoms with Crippen molar-refractivity contribution < 1.29 is 29.0 Å². The van der Waals surface area contributed by atoms with Gasteiger partial charge in [-0.3, -0.25) is 14.4 Å². The molecule has 1 aliphatic heterocycles. The molecule has 0 aromatic heterocycles. The van der Waals surface area contributed by atoms with E-state index in [1.807, 2.05) is 0 Å². The van der Waals surface area contributed by atoms with Crippen LogP contribution in [-0.2, 0) is 9.59 Å². The maximum Gasteiger partial charge on any atom is 0.335 e. The topological polar surface area (TPSA) is 113 Å². The van der Waals surface area contributed by atoms with E-state index in [-0.39, 0.29) is 36.7 Å². The minimum absolute atomic E-state index is 0.0260. The summed E-state index contributed by atoms with van der Waals surface area (Å²) in [4.78, 5) is 48.6. The molecule has 2 aromatic rings. The molecule has 1 aliphatic rings. The average Bonchev–Trinajstić information content (AvgIpc) is 2.69. The van der Waals surface area contributed by atoms with Crippen LogP contribution in [-0.4, -0.2) is 42.3 Å². The number of aromatic carboxylic acids is 1. The lowest BCUT2D eigenvalue weighted by Gasteiger charge is -2.26. The van der Waals surface area contributed by atoms with Crippen molar-refractivity contribution in [3.63, 3.8) is 0 Å². The number of nitrogens with zero attached hydrogens (tertiary/aromatic N) is 1. The summed E-state index contributed by atoms with van der Waals surface area (Å²) in [5, 5.41) is 11.6. The van der Waals surface area contributed by atoms with Gasteiger partial charge in [-0.25, -0.2) is 4.79 Å². The number of likely N-dealkylation sites (N-methyl/N-ethyl adjacent to an activating group) is 1. The molecule has 2 aromatic carbocycles. The van der Waals surface area contributed by atoms with Crippen molar-refractivity contribution in [2.24, 2.45) is 0 Å². The Hall–Kier alpha value is -3.68. The zero-order valence-electron chi connectivity index (χ0n) is 15.1. The maximum absolute atomic E-state index is 12.4. The van der Waals surface area contributed by atoms with Crippen molar-refractivity contribution in [3.8, 4) is 5.75 Å². The number of ketones is 1. The van der Waals surface area contributed by atoms with E-state index in [0.29, 0.717) is 22.7 Å². The lowest BCUT2D eigenvalue weighted by molar-refractivity contribution is -0.121. The second-order valence-corrected chi connectivity index (χ2v) is 6.28. The third-order valence-electron chi connectivity index (χ3n) is 4.34. The van der Waals surface area contributed by atoms with Crippen molar-refractivity contribution in [2.75, 3.05) is 23.9 Å². The van der Waals surface area contributed by atoms with E-state index in [9.17, 15) is 19.2 Å². The molecule has 0 saturated heterocycles. The van der Waals surface area contributed by atoms with Crippen LogP contribution < -0.4 is 15.0 Å². The molecule has 28 heavy (non-hydrogen) atoms. The third kappa shape index (κ3) is 4.17. The molecule has 3 rings (SSSR count). The summed E-state index contributed by atoms with van der Waals surface area (Å²) in [6, 6.07) is 10.7. The molecule has 0 fully saturated rings. The van der Waals surface area contributed by atoms with E-state index in [0.717, 1.165) is 0 Å². The van der Waals surface area contributed by atoms with E-state index in [2.05, 4.69) is 5.32 Å². The van der Waals surface area contributed by atoms with Crippen molar-refractivity contribution in [1.82, 2.24) is 0 Å². The molecule has 0 unspecified atom stereocenters. The standard InChI is InChI=1S/C20H18N2O6/c1-22-15-10-12(5-7-17(15)28-11-19(22)25)16(23)6-8-18(24)21-14-4-2-3-13(9-14)20(26)27/h2-5,7,9-10H,6,8,11H2,1H3,(H,21,24)(H,26,27). The highest BCUT2D eigenvalue weighted by Gasteiger charge is 2.23. The lowest BCUT2D eigenvalue weighted by Crippen LogP contribution is -2.35. The number of nitrogens with one attached hydrogen (secondary N) is 1. The molecule has 0 atom stereocenters. The van der Waals surface area contributed by atoms with Crippen LogP contribution in [0.15, 0.2) is 42.5 Å². The number of Topliss-reactive ketones (excluding diaryl/α,β-unsaturated/α-hetero) is 1. The van der Waals surface area contributed by atoms with Crippen LogP contribution in [0.5, 0.6) is 5.75 Å². The monoisotopic (exact) mass is 382 g/mol. The number of hydrogen-bond acceptors (Lipinski definition) is 5. The zero-order valence-corrected chi connectivity index (χ0v) is 15.1. The van der Waals surface area contributed by atoms with Gasteiger partial charge < -0.3 is 20.1 Å². The van der Waals surface area contributed by atoms with E-state index < -0.39 is 11.9 Å². The number of carboxylic acids is 1. The number of benzene rings is 2. The van der Waals surface area contributed by atoms with E-state index in [4.69, 9.17) is 9.84 Å². The predicted molar refractivity (Wildman–Crippen MR) is 101 cm³/mol. The summed E-state index contributed by atoms with van der Waals surface area (Å²) in [7, 11) is 1.61. The van der Waals surface area contributed by atoms with Crippen LogP contribution in [0.25, 0.3) is 0 Å². The molecule has 144 valence electrons. The van der Waals surface area contributed by atoms with Gasteiger partial charge in [-0.1, -0.05) is 6.07 Å². The normalized spacial score (nSPS) is 12.8. The fourth-order valence-corrected chi connectivity index (χ4v) is 2.77. The van der Waals surface area contributed by atoms with Gasteiger partial charge >= 0.3 is 5.97 Å². The van der Waals surface area contributed by atoms with Crippen molar-refractivity contribution in [1.29, 1.82) is 0 Å². The fraction of sp³-hybridized carbons (Fsp3) is 0.200. The zero-order chi connectivity index (χ0) is 20.3. The van der Waals surface area contributed by atoms with Gasteiger partial charge in [0.2, 0.25) is 5.91 Å². The summed E-state index contributed by atoms with van der Waals surface area (Å²) in [5.41, 5.74) is 1.30. The minimum Gasteiger partial charge on any atom is -0.482 e. The number of carbonyl (C=O) groups excluding carboxylic acids is 3. The van der Waals surface area contributed by atoms with Crippen LogP contribution in [0.1, 0.15) is 33.6 Å². The fourth-order valence-electron chi connectivity index (χ4n) is 2.77. The first-order valence-corrected chi connectivity index (χ1v) is 8.55. The average molecular weight is 382 g/mol. The molecule has 8 nitrogen and oxygen atoms in total. The molecular weight excluding hydrogens is 364 g/mol. The summed E-state index contributed by atoms with van der Waals surface area (Å²) >= 11 is 0. The highest BCUT2D eigenvalue weighted by molar-refractivity contribution is 6.03. The second kappa shape index (κ2) is 7.91. The highest BCUT2D eigenvalue weighted by Crippen LogP contribution is 2.32. The Morgan fingerprint density at radius 3 is 2.64 bits per heavy atom. The van der Waals surface area contributed by atoms with E-state index in [1.54, 1.807) is 31.3 Å². The Kier molecular flexibility index (Phi) is 5.39. The number of carbonyl (C=O) groups is 4. The van der Waals surface area contributed by atoms with Crippen LogP contribution >= 0.6 is 0 Å². The van der Waals surface area contributed by atoms with Gasteiger partial charge in [-0.2, -0.15) is 0 Å². The first-order valence-electron chi connectivity index (χ1n) is 8.55. The third-order valence-corrected chi connectivity index (χ3v) is 4.34. The number of ether oxygens (including phenoxy) is 1. The minimum atomic E-state index is -1.09. The first kappa shape index (κ1) is 19.1. The van der Waals surface area contributed by atoms with Crippen LogP contribution in [0.4, 0.5) is 11.4 Å². The first-order chi connectivity index (χ1) is 13.3. The summed E-state index contributed by atoms with van der Waals surface area (Å²) < 4.78 is 5.32. The lowest BCUT2D eigenvalue weighted by atomic mass is 10.0. The molecule has 2 N–H and O–H groups in total. The molecule has 0 aliphatic carbocycles. The Labute approximate surface area is 160 Å². The smallest absolute Gasteiger partial charge is 0.335 e. The summed E-state index contributed by atoms with van der Waals surface area (Å²) in [6.07, 6.45) is -0.0831. The molecule has 0 saturated carbocycles. The number of carboxylic acid groups (broad SMARTS) is 1. The van der Waals surface area contributed by atoms with Crippen molar-refractivity contribution >= 4 is 34.9 Å². The quantitative estimate of drug-likeness (QED) is 0.742. The predicted octanol–water partition coefficient (Wildman–Crippen LogP) is 2.34. The van der Waals surface area contributed by atoms with Gasteiger partial charge in [-0.15, -0.1) is 0 Å². The molecule has 0 bridgehead atoms. The largest absolute Gasteiger partial charge is 0.482 e. The Bertz CT molecular complexity index is 969. The highest BCUT2D eigenvalue weighted by atomic mass is 16.5. The Morgan fingerprint density at radius 1 is 1.11 bits per heavy atom. The van der Waals surface area contributed by atoms with Gasteiger partial charge in [-0.05, 0) is 36.4 Å². The molecular formula is C20H18N2O6. The molecule has 1 heterocycles. The number of rotatable bonds is 6. The van der Waals surface area contributed by atoms with Gasteiger partial charge in [0.15, 0.2) is 12.4 Å². The number of anilines is 2.